The number of aromatic nitrogens is 3. The Morgan fingerprint density at radius 2 is 1.45 bits per heavy atom. The van der Waals surface area contributed by atoms with Gasteiger partial charge in [0.15, 0.2) is 0 Å². The van der Waals surface area contributed by atoms with Crippen LogP contribution in [0.25, 0.3) is 0 Å². The monoisotopic (exact) mass is 540 g/mol. The fraction of sp³-hybridized carbons (Fsp3) is 0.357. The van der Waals surface area contributed by atoms with Crippen molar-refractivity contribution in [2.45, 2.75) is 17.7 Å². The summed E-state index contributed by atoms with van der Waals surface area (Å²) in [5.41, 5.74) is 0.311. The molecule has 0 aliphatic rings. The molecule has 0 unspecified atom stereocenters. The van der Waals surface area contributed by atoms with Crippen molar-refractivity contribution in [1.29, 1.82) is 0 Å². The first kappa shape index (κ1) is 32.6. The van der Waals surface area contributed by atoms with Crippen LogP contribution in [0.15, 0.2) is 29.2 Å². The minimum atomic E-state index is -4.61. The molecule has 3 N–H and O–H groups in total. The van der Waals surface area contributed by atoms with Gasteiger partial charge in [0.2, 0.25) is 21.9 Å². The summed E-state index contributed by atoms with van der Waals surface area (Å²) in [5, 5.41) is 5.00. The molecule has 1 aromatic heterocycles. The molecule has 1 heterocycles. The molecule has 172 valence electrons. The van der Waals surface area contributed by atoms with E-state index in [9.17, 15) is 34.4 Å². The first-order valence-electron chi connectivity index (χ1n) is 8.41. The van der Waals surface area contributed by atoms with Crippen LogP contribution in [0.3, 0.4) is 0 Å². The molecular formula is C14H18N6Na2O8S3. The van der Waals surface area contributed by atoms with E-state index in [0.29, 0.717) is 12.1 Å². The molecule has 0 amide bonds. The van der Waals surface area contributed by atoms with Crippen molar-refractivity contribution in [1.82, 2.24) is 19.7 Å². The Kier molecular flexibility index (Phi) is 13.4. The molecule has 0 saturated heterocycles. The summed E-state index contributed by atoms with van der Waals surface area (Å²) in [7, 11) is -12.6. The van der Waals surface area contributed by atoms with Gasteiger partial charge in [0.1, 0.15) is 31.9 Å². The van der Waals surface area contributed by atoms with Crippen LogP contribution in [0.2, 0.25) is 0 Å². The largest absolute Gasteiger partial charge is 1.00 e. The number of hydrogen-bond acceptors (Lipinski definition) is 13. The number of benzene rings is 1. The SMILES string of the molecule is CS(=O)(=O)NCCCc1nc(NCS(=O)(=O)[O-])nc(Nc2ccc(S(=O)(=O)[O-])cc2)n1.[Na+].[Na+]. The molecule has 33 heavy (non-hydrogen) atoms. The van der Waals surface area contributed by atoms with E-state index in [-0.39, 0.29) is 89.8 Å². The van der Waals surface area contributed by atoms with E-state index >= 15 is 0 Å². The molecule has 14 nitrogen and oxygen atoms in total. The van der Waals surface area contributed by atoms with Crippen LogP contribution in [0.4, 0.5) is 17.6 Å². The molecule has 0 saturated carbocycles. The second-order valence-electron chi connectivity index (χ2n) is 6.15. The van der Waals surface area contributed by atoms with Crippen molar-refractivity contribution in [2.75, 3.05) is 29.3 Å². The zero-order chi connectivity index (χ0) is 23.3. The molecule has 0 aliphatic heterocycles. The molecule has 2 rings (SSSR count). The fourth-order valence-electron chi connectivity index (χ4n) is 2.16. The minimum absolute atomic E-state index is 0. The van der Waals surface area contributed by atoms with Gasteiger partial charge in [-0.2, -0.15) is 15.0 Å². The maximum absolute atomic E-state index is 11.1. The van der Waals surface area contributed by atoms with Gasteiger partial charge in [0.25, 0.3) is 0 Å². The predicted molar refractivity (Wildman–Crippen MR) is 107 cm³/mol. The fourth-order valence-corrected chi connectivity index (χ4v) is 3.45. The van der Waals surface area contributed by atoms with Gasteiger partial charge in [-0.05, 0) is 30.7 Å². The van der Waals surface area contributed by atoms with Crippen LogP contribution in [0, 0.1) is 0 Å². The summed E-state index contributed by atoms with van der Waals surface area (Å²) in [4.78, 5) is 11.6. The Bertz CT molecular complexity index is 1240. The molecule has 0 atom stereocenters. The third-order valence-electron chi connectivity index (χ3n) is 3.43. The van der Waals surface area contributed by atoms with Gasteiger partial charge in [-0.25, -0.2) is 30.0 Å². The van der Waals surface area contributed by atoms with Crippen molar-refractivity contribution in [3.63, 3.8) is 0 Å². The van der Waals surface area contributed by atoms with Gasteiger partial charge in [-0.3, -0.25) is 0 Å². The Morgan fingerprint density at radius 3 is 1.97 bits per heavy atom. The molecule has 1 aromatic carbocycles. The number of sulfonamides is 1. The van der Waals surface area contributed by atoms with E-state index < -0.39 is 41.0 Å². The molecular weight excluding hydrogens is 522 g/mol. The third-order valence-corrected chi connectivity index (χ3v) is 5.51. The van der Waals surface area contributed by atoms with Crippen molar-refractivity contribution in [2.24, 2.45) is 0 Å². The number of aryl methyl sites for hydroxylation is 1. The predicted octanol–water partition coefficient (Wildman–Crippen LogP) is -7.08. The van der Waals surface area contributed by atoms with Crippen LogP contribution in [-0.2, 0) is 36.7 Å². The molecule has 2 aromatic rings. The first-order chi connectivity index (χ1) is 14.2. The molecule has 0 fully saturated rings. The molecule has 19 heteroatoms. The Balaban J connectivity index is 0.00000512. The topological polar surface area (TPSA) is 223 Å². The second-order valence-corrected chi connectivity index (χ2v) is 10.8. The molecule has 0 aliphatic carbocycles. The van der Waals surface area contributed by atoms with Crippen LogP contribution < -0.4 is 74.5 Å². The van der Waals surface area contributed by atoms with Crippen molar-refractivity contribution >= 4 is 47.8 Å². The van der Waals surface area contributed by atoms with E-state index in [0.717, 1.165) is 18.4 Å². The van der Waals surface area contributed by atoms with E-state index in [1.54, 1.807) is 0 Å². The zero-order valence-corrected chi connectivity index (χ0v) is 24.4. The average Bonchev–Trinajstić information content (AvgIpc) is 2.62. The van der Waals surface area contributed by atoms with Crippen LogP contribution in [0.1, 0.15) is 12.2 Å². The van der Waals surface area contributed by atoms with Gasteiger partial charge in [0, 0.05) is 18.7 Å². The molecule has 0 spiro atoms. The number of nitrogens with one attached hydrogen (secondary N) is 3. The summed E-state index contributed by atoms with van der Waals surface area (Å²) >= 11 is 0. The molecule has 0 radical (unpaired) electrons. The standard InChI is InChI=1S/C14H20N6O8S3.2Na/c1-29(21,22)16-8-2-3-12-18-13(15-9-30(23,24)25)20-14(19-12)17-10-4-6-11(7-5-10)31(26,27)28;;/h4-7,16H,2-3,8-9H2,1H3,(H,23,24,25)(H,26,27,28)(H2,15,17,18,19,20);;/q;2*+1/p-2. The van der Waals surface area contributed by atoms with Gasteiger partial charge in [0.05, 0.1) is 11.2 Å². The van der Waals surface area contributed by atoms with Crippen LogP contribution >= 0.6 is 0 Å². The van der Waals surface area contributed by atoms with Gasteiger partial charge in [-0.1, -0.05) is 0 Å². The van der Waals surface area contributed by atoms with Crippen molar-refractivity contribution in [3.05, 3.63) is 30.1 Å². The summed E-state index contributed by atoms with van der Waals surface area (Å²) in [6.45, 7) is 0.107. The first-order valence-corrected chi connectivity index (χ1v) is 13.3. The zero-order valence-electron chi connectivity index (χ0n) is 18.0. The number of rotatable bonds is 11. The number of anilines is 3. The summed E-state index contributed by atoms with van der Waals surface area (Å²) < 4.78 is 90.0. The summed E-state index contributed by atoms with van der Waals surface area (Å²) in [5.74, 6) is -1.09. The minimum Gasteiger partial charge on any atom is -0.747 e. The second kappa shape index (κ2) is 13.6. The van der Waals surface area contributed by atoms with Gasteiger partial charge < -0.3 is 19.7 Å². The van der Waals surface area contributed by atoms with Crippen LogP contribution in [0.5, 0.6) is 0 Å². The maximum Gasteiger partial charge on any atom is 1.00 e. The molecule has 0 bridgehead atoms. The quantitative estimate of drug-likeness (QED) is 0.137. The summed E-state index contributed by atoms with van der Waals surface area (Å²) in [6, 6.07) is 4.73. The Labute approximate surface area is 235 Å². The van der Waals surface area contributed by atoms with Crippen LogP contribution in [-0.4, -0.2) is 68.0 Å². The number of hydrogen-bond donors (Lipinski definition) is 3. The van der Waals surface area contributed by atoms with E-state index in [1.165, 1.54) is 12.1 Å². The normalized spacial score (nSPS) is 11.7. The summed E-state index contributed by atoms with van der Waals surface area (Å²) in [6.07, 6.45) is 1.50. The van der Waals surface area contributed by atoms with Crippen molar-refractivity contribution in [3.8, 4) is 0 Å². The van der Waals surface area contributed by atoms with Gasteiger partial charge in [-0.15, -0.1) is 0 Å². The third kappa shape index (κ3) is 13.3. The smallest absolute Gasteiger partial charge is 0.747 e. The Hall–Kier alpha value is -0.440. The van der Waals surface area contributed by atoms with E-state index in [1.807, 2.05) is 0 Å². The number of nitrogens with zero attached hydrogens (tertiary/aromatic N) is 3. The maximum atomic E-state index is 11.1. The van der Waals surface area contributed by atoms with E-state index in [4.69, 9.17) is 0 Å². The van der Waals surface area contributed by atoms with Gasteiger partial charge >= 0.3 is 59.1 Å². The van der Waals surface area contributed by atoms with E-state index in [2.05, 4.69) is 30.3 Å². The average molecular weight is 541 g/mol. The van der Waals surface area contributed by atoms with Crippen molar-refractivity contribution < 1.29 is 93.5 Å². The Morgan fingerprint density at radius 1 is 0.879 bits per heavy atom.